The van der Waals surface area contributed by atoms with E-state index < -0.39 is 9.84 Å². The maximum atomic E-state index is 12.5. The van der Waals surface area contributed by atoms with Crippen LogP contribution in [-0.4, -0.2) is 18.6 Å². The molecule has 0 fully saturated rings. The Kier molecular flexibility index (Phi) is 5.25. The summed E-state index contributed by atoms with van der Waals surface area (Å²) in [6.07, 6.45) is 0.950. The van der Waals surface area contributed by atoms with Gasteiger partial charge in [0, 0.05) is 10.6 Å². The van der Waals surface area contributed by atoms with Crippen LogP contribution in [0, 0.1) is 0 Å². The second-order valence-electron chi connectivity index (χ2n) is 6.45. The van der Waals surface area contributed by atoms with Crippen LogP contribution in [0.1, 0.15) is 18.2 Å². The number of aromatic nitrogens is 2. The van der Waals surface area contributed by atoms with Gasteiger partial charge in [-0.05, 0) is 48.4 Å². The highest BCUT2D eigenvalue weighted by Gasteiger charge is 2.20. The average molecular weight is 429 g/mol. The van der Waals surface area contributed by atoms with E-state index in [2.05, 4.69) is 17.1 Å². The normalized spacial score (nSPS) is 11.7. The van der Waals surface area contributed by atoms with Crippen LogP contribution in [0.3, 0.4) is 0 Å². The largest absolute Gasteiger partial charge is 0.455 e. The van der Waals surface area contributed by atoms with Crippen molar-refractivity contribution in [2.75, 3.05) is 0 Å². The van der Waals surface area contributed by atoms with Gasteiger partial charge in [-0.2, -0.15) is 4.98 Å². The smallest absolute Gasteiger partial charge is 0.293 e. The monoisotopic (exact) mass is 428 g/mol. The van der Waals surface area contributed by atoms with E-state index in [0.29, 0.717) is 16.6 Å². The third kappa shape index (κ3) is 4.26. The summed E-state index contributed by atoms with van der Waals surface area (Å²) in [4.78, 5) is 4.52. The van der Waals surface area contributed by atoms with Gasteiger partial charge in [0.1, 0.15) is 11.5 Å². The van der Waals surface area contributed by atoms with E-state index >= 15 is 0 Å². The topological polar surface area (TPSA) is 86.2 Å². The maximum Gasteiger partial charge on any atom is 0.293 e. The van der Waals surface area contributed by atoms with E-state index in [1.807, 2.05) is 24.3 Å². The molecule has 0 saturated carbocycles. The first-order chi connectivity index (χ1) is 13.9. The van der Waals surface area contributed by atoms with E-state index in [0.717, 1.165) is 12.0 Å². The summed E-state index contributed by atoms with van der Waals surface area (Å²) in [6, 6.07) is 17.1. The third-order valence-corrected chi connectivity index (χ3v) is 6.33. The van der Waals surface area contributed by atoms with Crippen LogP contribution in [0.2, 0.25) is 5.02 Å². The molecular formula is C21H17ClN2O4S. The zero-order chi connectivity index (χ0) is 20.4. The summed E-state index contributed by atoms with van der Waals surface area (Å²) < 4.78 is 36.0. The van der Waals surface area contributed by atoms with Crippen LogP contribution in [0.15, 0.2) is 74.5 Å². The summed E-state index contributed by atoms with van der Waals surface area (Å²) >= 11 is 5.82. The molecule has 0 bridgehead atoms. The molecule has 2 heterocycles. The Balaban J connectivity index is 1.53. The van der Waals surface area contributed by atoms with Gasteiger partial charge in [-0.25, -0.2) is 8.42 Å². The molecule has 2 aromatic carbocycles. The quantitative estimate of drug-likeness (QED) is 0.420. The van der Waals surface area contributed by atoms with Gasteiger partial charge in [-0.3, -0.25) is 0 Å². The SMILES string of the molecule is CCc1ccc(-c2noc(-c3ccc(CS(=O)(=O)c4ccc(Cl)cc4)o3)n2)cc1. The van der Waals surface area contributed by atoms with Crippen molar-refractivity contribution >= 4 is 21.4 Å². The van der Waals surface area contributed by atoms with Gasteiger partial charge >= 0.3 is 0 Å². The lowest BCUT2D eigenvalue weighted by atomic mass is 10.1. The summed E-state index contributed by atoms with van der Waals surface area (Å²) in [5, 5.41) is 4.45. The van der Waals surface area contributed by atoms with Gasteiger partial charge in [0.05, 0.1) is 4.90 Å². The molecule has 8 heteroatoms. The molecule has 0 amide bonds. The Morgan fingerprint density at radius 3 is 2.38 bits per heavy atom. The number of sulfone groups is 1. The molecule has 0 saturated heterocycles. The Morgan fingerprint density at radius 1 is 0.966 bits per heavy atom. The standard InChI is InChI=1S/C21H17ClN2O4S/c1-2-14-3-5-15(6-4-14)20-23-21(28-24-20)19-12-9-17(27-19)13-29(25,26)18-10-7-16(22)8-11-18/h3-12H,2,13H2,1H3. The number of rotatable bonds is 6. The molecule has 29 heavy (non-hydrogen) atoms. The fourth-order valence-corrected chi connectivity index (χ4v) is 4.19. The minimum atomic E-state index is -3.56. The molecule has 0 aliphatic carbocycles. The molecule has 0 radical (unpaired) electrons. The zero-order valence-electron chi connectivity index (χ0n) is 15.5. The zero-order valence-corrected chi connectivity index (χ0v) is 17.1. The van der Waals surface area contributed by atoms with Gasteiger partial charge < -0.3 is 8.94 Å². The number of nitrogens with zero attached hydrogens (tertiary/aromatic N) is 2. The van der Waals surface area contributed by atoms with Gasteiger partial charge in [-0.1, -0.05) is 47.9 Å². The Bertz CT molecular complexity index is 1230. The number of hydrogen-bond donors (Lipinski definition) is 0. The highest BCUT2D eigenvalue weighted by molar-refractivity contribution is 7.90. The molecule has 0 atom stereocenters. The molecule has 0 aliphatic heterocycles. The number of benzene rings is 2. The molecule has 2 aromatic heterocycles. The highest BCUT2D eigenvalue weighted by Crippen LogP contribution is 2.26. The molecule has 0 N–H and O–H groups in total. The van der Waals surface area contributed by atoms with Crippen molar-refractivity contribution in [3.8, 4) is 23.0 Å². The van der Waals surface area contributed by atoms with Crippen LogP contribution < -0.4 is 0 Å². The fraction of sp³-hybridized carbons (Fsp3) is 0.143. The Labute approximate surface area is 173 Å². The fourth-order valence-electron chi connectivity index (χ4n) is 2.81. The van der Waals surface area contributed by atoms with Gasteiger partial charge in [0.15, 0.2) is 15.6 Å². The molecular weight excluding hydrogens is 412 g/mol. The van der Waals surface area contributed by atoms with E-state index in [-0.39, 0.29) is 22.3 Å². The molecule has 148 valence electrons. The van der Waals surface area contributed by atoms with Gasteiger partial charge in [0.2, 0.25) is 5.82 Å². The average Bonchev–Trinajstić information content (AvgIpc) is 3.38. The minimum absolute atomic E-state index is 0.176. The van der Waals surface area contributed by atoms with Crippen molar-refractivity contribution in [3.05, 3.63) is 77.0 Å². The third-order valence-electron chi connectivity index (χ3n) is 4.42. The number of aryl methyl sites for hydroxylation is 1. The summed E-state index contributed by atoms with van der Waals surface area (Å²) in [6.45, 7) is 2.09. The predicted molar refractivity (Wildman–Crippen MR) is 109 cm³/mol. The number of halogens is 1. The molecule has 0 aliphatic rings. The summed E-state index contributed by atoms with van der Waals surface area (Å²) in [5.74, 6) is 0.940. The van der Waals surface area contributed by atoms with Crippen molar-refractivity contribution in [2.45, 2.75) is 24.0 Å². The molecule has 6 nitrogen and oxygen atoms in total. The second-order valence-corrected chi connectivity index (χ2v) is 8.88. The van der Waals surface area contributed by atoms with Crippen LogP contribution in [0.25, 0.3) is 23.0 Å². The number of furan rings is 1. The molecule has 0 spiro atoms. The molecule has 4 rings (SSSR count). The maximum absolute atomic E-state index is 12.5. The first-order valence-electron chi connectivity index (χ1n) is 8.95. The summed E-state index contributed by atoms with van der Waals surface area (Å²) in [5.41, 5.74) is 2.05. The van der Waals surface area contributed by atoms with E-state index in [9.17, 15) is 8.42 Å². The van der Waals surface area contributed by atoms with E-state index in [1.165, 1.54) is 29.8 Å². The summed E-state index contributed by atoms with van der Waals surface area (Å²) in [7, 11) is -3.56. The van der Waals surface area contributed by atoms with Crippen LogP contribution in [0.5, 0.6) is 0 Å². The van der Waals surface area contributed by atoms with Crippen molar-refractivity contribution in [1.29, 1.82) is 0 Å². The molecule has 0 unspecified atom stereocenters. The Morgan fingerprint density at radius 2 is 1.69 bits per heavy atom. The Hall–Kier alpha value is -2.90. The van der Waals surface area contributed by atoms with Crippen molar-refractivity contribution in [1.82, 2.24) is 10.1 Å². The van der Waals surface area contributed by atoms with Crippen LogP contribution in [-0.2, 0) is 22.0 Å². The highest BCUT2D eigenvalue weighted by atomic mass is 35.5. The predicted octanol–water partition coefficient (Wildman–Crippen LogP) is 5.19. The second kappa shape index (κ2) is 7.85. The first kappa shape index (κ1) is 19.4. The van der Waals surface area contributed by atoms with Gasteiger partial charge in [-0.15, -0.1) is 0 Å². The molecule has 4 aromatic rings. The lowest BCUT2D eigenvalue weighted by Crippen LogP contribution is -2.03. The van der Waals surface area contributed by atoms with Crippen LogP contribution >= 0.6 is 11.6 Å². The number of hydrogen-bond acceptors (Lipinski definition) is 6. The van der Waals surface area contributed by atoms with Crippen molar-refractivity contribution < 1.29 is 17.4 Å². The van der Waals surface area contributed by atoms with Crippen molar-refractivity contribution in [2.24, 2.45) is 0 Å². The lowest BCUT2D eigenvalue weighted by Gasteiger charge is -2.02. The van der Waals surface area contributed by atoms with E-state index in [1.54, 1.807) is 12.1 Å². The minimum Gasteiger partial charge on any atom is -0.455 e. The van der Waals surface area contributed by atoms with Gasteiger partial charge in [0.25, 0.3) is 5.89 Å². The lowest BCUT2D eigenvalue weighted by molar-refractivity contribution is 0.413. The van der Waals surface area contributed by atoms with Crippen LogP contribution in [0.4, 0.5) is 0 Å². The first-order valence-corrected chi connectivity index (χ1v) is 11.0. The van der Waals surface area contributed by atoms with E-state index in [4.69, 9.17) is 20.5 Å². The van der Waals surface area contributed by atoms with Crippen molar-refractivity contribution in [3.63, 3.8) is 0 Å².